The van der Waals surface area contributed by atoms with Crippen molar-refractivity contribution in [3.05, 3.63) is 59.9 Å². The van der Waals surface area contributed by atoms with Gasteiger partial charge in [0.1, 0.15) is 5.75 Å². The third kappa shape index (κ3) is 4.18. The highest BCUT2D eigenvalue weighted by molar-refractivity contribution is 7.99. The van der Waals surface area contributed by atoms with Gasteiger partial charge in [-0.05, 0) is 38.1 Å². The number of methoxy groups -OCH3 is 1. The van der Waals surface area contributed by atoms with Crippen molar-refractivity contribution in [1.82, 2.24) is 19.7 Å². The number of nitrogens with zero attached hydrogens (tertiary/aromatic N) is 3. The molecule has 4 aromatic rings. The maximum atomic E-state index is 12.5. The van der Waals surface area contributed by atoms with Gasteiger partial charge in [0.25, 0.3) is 0 Å². The maximum Gasteiger partial charge on any atom is 0.225 e. The largest absolute Gasteiger partial charge is 0.497 e. The number of anilines is 1. The van der Waals surface area contributed by atoms with Crippen LogP contribution in [0.3, 0.4) is 0 Å². The highest BCUT2D eigenvalue weighted by atomic mass is 32.2. The summed E-state index contributed by atoms with van der Waals surface area (Å²) < 4.78 is 7.09. The summed E-state index contributed by atoms with van der Waals surface area (Å²) in [5, 5.41) is 8.37. The lowest BCUT2D eigenvalue weighted by atomic mass is 10.3. The van der Waals surface area contributed by atoms with E-state index in [4.69, 9.17) is 4.74 Å². The van der Waals surface area contributed by atoms with Crippen molar-refractivity contribution in [2.45, 2.75) is 25.4 Å². The van der Waals surface area contributed by atoms with Crippen LogP contribution in [0.2, 0.25) is 0 Å². The molecule has 0 radical (unpaired) electrons. The van der Waals surface area contributed by atoms with E-state index in [1.165, 1.54) is 11.8 Å². The summed E-state index contributed by atoms with van der Waals surface area (Å²) in [6, 6.07) is 15.6. The molecule has 4 rings (SSSR count). The van der Waals surface area contributed by atoms with Crippen LogP contribution in [0.25, 0.3) is 16.7 Å². The second-order valence-electron chi connectivity index (χ2n) is 6.86. The summed E-state index contributed by atoms with van der Waals surface area (Å²) >= 11 is 1.52. The van der Waals surface area contributed by atoms with Gasteiger partial charge in [-0.3, -0.25) is 4.79 Å². The van der Waals surface area contributed by atoms with E-state index in [-0.39, 0.29) is 5.91 Å². The Hall–Kier alpha value is -3.26. The molecule has 2 aromatic carbocycles. The molecular weight excluding hydrogens is 398 g/mol. The van der Waals surface area contributed by atoms with Crippen LogP contribution in [0.5, 0.6) is 5.75 Å². The molecule has 0 aliphatic heterocycles. The number of thioether (sulfide) groups is 1. The highest BCUT2D eigenvalue weighted by Crippen LogP contribution is 2.25. The van der Waals surface area contributed by atoms with E-state index in [1.807, 2.05) is 67.1 Å². The van der Waals surface area contributed by atoms with Crippen LogP contribution in [-0.4, -0.2) is 38.5 Å². The van der Waals surface area contributed by atoms with Crippen LogP contribution in [0, 0.1) is 13.8 Å². The van der Waals surface area contributed by atoms with Crippen molar-refractivity contribution in [2.24, 2.45) is 0 Å². The molecule has 0 saturated carbocycles. The predicted molar refractivity (Wildman–Crippen MR) is 120 cm³/mol. The number of rotatable bonds is 7. The van der Waals surface area contributed by atoms with Gasteiger partial charge in [0.05, 0.1) is 40.9 Å². The zero-order valence-electron chi connectivity index (χ0n) is 17.1. The summed E-state index contributed by atoms with van der Waals surface area (Å²) in [7, 11) is 1.64. The Bertz CT molecular complexity index is 1180. The van der Waals surface area contributed by atoms with E-state index in [2.05, 4.69) is 20.4 Å². The number of aromatic amines is 1. The minimum Gasteiger partial charge on any atom is -0.497 e. The molecule has 0 spiro atoms. The fourth-order valence-corrected chi connectivity index (χ4v) is 4.07. The van der Waals surface area contributed by atoms with Crippen molar-refractivity contribution >= 4 is 34.4 Å². The Morgan fingerprint density at radius 2 is 2.00 bits per heavy atom. The number of hydrogen-bond donors (Lipinski definition) is 2. The lowest BCUT2D eigenvalue weighted by molar-refractivity contribution is -0.115. The molecule has 0 saturated heterocycles. The van der Waals surface area contributed by atoms with Gasteiger partial charge >= 0.3 is 0 Å². The van der Waals surface area contributed by atoms with Crippen molar-refractivity contribution < 1.29 is 9.53 Å². The average Bonchev–Trinajstić information content (AvgIpc) is 3.29. The maximum absolute atomic E-state index is 12.5. The summed E-state index contributed by atoms with van der Waals surface area (Å²) in [5.41, 5.74) is 5.23. The molecule has 7 nitrogen and oxygen atoms in total. The number of imidazole rings is 1. The minimum absolute atomic E-state index is 0.0425. The summed E-state index contributed by atoms with van der Waals surface area (Å²) in [4.78, 5) is 20.3. The van der Waals surface area contributed by atoms with Crippen molar-refractivity contribution in [3.8, 4) is 11.4 Å². The van der Waals surface area contributed by atoms with Crippen LogP contribution in [-0.2, 0) is 4.79 Å². The standard InChI is InChI=1S/C22H23N5O2S/c1-14-21(15(2)27(26-14)16-7-5-4-6-8-16)25-20(28)11-12-30-22-23-18-10-9-17(29-3)13-19(18)24-22/h4-10,13H,11-12H2,1-3H3,(H,23,24)(H,25,28). The van der Waals surface area contributed by atoms with Crippen molar-refractivity contribution in [2.75, 3.05) is 18.2 Å². The molecule has 154 valence electrons. The van der Waals surface area contributed by atoms with Crippen LogP contribution in [0.4, 0.5) is 5.69 Å². The van der Waals surface area contributed by atoms with E-state index < -0.39 is 0 Å². The van der Waals surface area contributed by atoms with Gasteiger partial charge in [-0.1, -0.05) is 30.0 Å². The summed E-state index contributed by atoms with van der Waals surface area (Å²) in [5.74, 6) is 1.36. The van der Waals surface area contributed by atoms with E-state index in [1.54, 1.807) is 7.11 Å². The van der Waals surface area contributed by atoms with Gasteiger partial charge in [0.15, 0.2) is 5.16 Å². The smallest absolute Gasteiger partial charge is 0.225 e. The number of aromatic nitrogens is 4. The normalized spacial score (nSPS) is 11.0. The molecule has 0 aliphatic rings. The number of ether oxygens (including phenoxy) is 1. The molecule has 2 aromatic heterocycles. The molecule has 30 heavy (non-hydrogen) atoms. The number of carbonyl (C=O) groups excluding carboxylic acids is 1. The monoisotopic (exact) mass is 421 g/mol. The van der Waals surface area contributed by atoms with Gasteiger partial charge in [0, 0.05) is 18.2 Å². The second-order valence-corrected chi connectivity index (χ2v) is 7.95. The second kappa shape index (κ2) is 8.62. The lowest BCUT2D eigenvalue weighted by Gasteiger charge is -2.07. The Balaban J connectivity index is 1.37. The molecule has 8 heteroatoms. The first-order valence-corrected chi connectivity index (χ1v) is 10.6. The average molecular weight is 422 g/mol. The van der Waals surface area contributed by atoms with Crippen molar-refractivity contribution in [3.63, 3.8) is 0 Å². The number of amides is 1. The van der Waals surface area contributed by atoms with Crippen LogP contribution in [0.15, 0.2) is 53.7 Å². The first-order chi connectivity index (χ1) is 14.5. The number of hydrogen-bond acceptors (Lipinski definition) is 5. The Morgan fingerprint density at radius 1 is 1.20 bits per heavy atom. The van der Waals surface area contributed by atoms with Gasteiger partial charge in [-0.15, -0.1) is 0 Å². The topological polar surface area (TPSA) is 84.8 Å². The third-order valence-corrected chi connectivity index (χ3v) is 5.67. The number of aryl methyl sites for hydroxylation is 1. The van der Waals surface area contributed by atoms with Gasteiger partial charge in [0.2, 0.25) is 5.91 Å². The number of H-pyrrole nitrogens is 1. The Labute approximate surface area is 178 Å². The number of fused-ring (bicyclic) bond motifs is 1. The van der Waals surface area contributed by atoms with Gasteiger partial charge < -0.3 is 15.0 Å². The molecule has 0 atom stereocenters. The lowest BCUT2D eigenvalue weighted by Crippen LogP contribution is -2.13. The van der Waals surface area contributed by atoms with Crippen LogP contribution < -0.4 is 10.1 Å². The molecule has 0 fully saturated rings. The fourth-order valence-electron chi connectivity index (χ4n) is 3.25. The zero-order chi connectivity index (χ0) is 21.1. The van der Waals surface area contributed by atoms with E-state index in [0.29, 0.717) is 12.2 Å². The number of para-hydroxylation sites is 1. The van der Waals surface area contributed by atoms with Crippen molar-refractivity contribution in [1.29, 1.82) is 0 Å². The van der Waals surface area contributed by atoms with E-state index in [9.17, 15) is 4.79 Å². The SMILES string of the molecule is COc1ccc2nc(SCCC(=O)Nc3c(C)nn(-c4ccccc4)c3C)[nH]c2c1. The quantitative estimate of drug-likeness (QED) is 0.429. The first kappa shape index (κ1) is 20.0. The number of nitrogens with one attached hydrogen (secondary N) is 2. The first-order valence-electron chi connectivity index (χ1n) is 9.63. The Morgan fingerprint density at radius 3 is 2.77 bits per heavy atom. The zero-order valence-corrected chi connectivity index (χ0v) is 17.9. The predicted octanol–water partition coefficient (Wildman–Crippen LogP) is 4.49. The Kier molecular flexibility index (Phi) is 5.76. The van der Waals surface area contributed by atoms with E-state index >= 15 is 0 Å². The highest BCUT2D eigenvalue weighted by Gasteiger charge is 2.15. The van der Waals surface area contributed by atoms with E-state index in [0.717, 1.165) is 44.7 Å². The minimum atomic E-state index is -0.0425. The molecule has 2 N–H and O–H groups in total. The third-order valence-electron chi connectivity index (χ3n) is 4.79. The molecular formula is C22H23N5O2S. The molecule has 0 bridgehead atoms. The molecule has 1 amide bonds. The number of carbonyl (C=O) groups is 1. The molecule has 2 heterocycles. The van der Waals surface area contributed by atoms with Gasteiger partial charge in [-0.25, -0.2) is 9.67 Å². The molecule has 0 unspecified atom stereocenters. The summed E-state index contributed by atoms with van der Waals surface area (Å²) in [6.07, 6.45) is 0.375. The fraction of sp³-hybridized carbons (Fsp3) is 0.227. The van der Waals surface area contributed by atoms with Gasteiger partial charge in [-0.2, -0.15) is 5.10 Å². The van der Waals surface area contributed by atoms with Crippen LogP contribution in [0.1, 0.15) is 17.8 Å². The molecule has 0 aliphatic carbocycles. The van der Waals surface area contributed by atoms with Crippen LogP contribution >= 0.6 is 11.8 Å². The summed E-state index contributed by atoms with van der Waals surface area (Å²) in [6.45, 7) is 3.86. The number of benzene rings is 2.